The van der Waals surface area contributed by atoms with Gasteiger partial charge in [0.1, 0.15) is 0 Å². The van der Waals surface area contributed by atoms with Gasteiger partial charge in [-0.05, 0) is 50.3 Å². The molecule has 31 heavy (non-hydrogen) atoms. The highest BCUT2D eigenvalue weighted by Crippen LogP contribution is 2.18. The Kier molecular flexibility index (Phi) is 12.9. The van der Waals surface area contributed by atoms with Crippen molar-refractivity contribution in [2.45, 2.75) is 71.4 Å². The summed E-state index contributed by atoms with van der Waals surface area (Å²) in [5.41, 5.74) is 1.10. The summed E-state index contributed by atoms with van der Waals surface area (Å²) in [4.78, 5) is 18.8. The van der Waals surface area contributed by atoms with E-state index < -0.39 is 5.60 Å². The van der Waals surface area contributed by atoms with E-state index >= 15 is 0 Å². The summed E-state index contributed by atoms with van der Waals surface area (Å²) < 4.78 is 0. The maximum absolute atomic E-state index is 12.3. The van der Waals surface area contributed by atoms with Crippen molar-refractivity contribution in [1.29, 1.82) is 0 Å². The largest absolute Gasteiger partial charge is 0.388 e. The zero-order chi connectivity index (χ0) is 21.8. The zero-order valence-electron chi connectivity index (χ0n) is 19.2. The maximum atomic E-state index is 12.3. The average Bonchev–Trinajstić information content (AvgIpc) is 3.26. The van der Waals surface area contributed by atoms with Crippen LogP contribution in [0.2, 0.25) is 0 Å². The van der Waals surface area contributed by atoms with E-state index in [2.05, 4.69) is 34.8 Å². The Morgan fingerprint density at radius 2 is 1.81 bits per heavy atom. The van der Waals surface area contributed by atoms with Crippen LogP contribution in [0.15, 0.2) is 29.3 Å². The number of urea groups is 1. The van der Waals surface area contributed by atoms with Gasteiger partial charge in [-0.2, -0.15) is 0 Å². The molecule has 0 atom stereocenters. The van der Waals surface area contributed by atoms with E-state index in [-0.39, 0.29) is 30.0 Å². The lowest BCUT2D eigenvalue weighted by Crippen LogP contribution is -2.47. The minimum absolute atomic E-state index is 0. The molecular weight excluding hydrogens is 505 g/mol. The monoisotopic (exact) mass is 545 g/mol. The van der Waals surface area contributed by atoms with E-state index in [0.29, 0.717) is 19.0 Å². The van der Waals surface area contributed by atoms with E-state index in [1.165, 1.54) is 0 Å². The number of likely N-dealkylation sites (tertiary alicyclic amines) is 1. The second-order valence-electron chi connectivity index (χ2n) is 8.10. The maximum Gasteiger partial charge on any atom is 0.321 e. The van der Waals surface area contributed by atoms with Crippen LogP contribution < -0.4 is 16.0 Å². The van der Waals surface area contributed by atoms with Crippen molar-refractivity contribution in [2.75, 3.05) is 31.5 Å². The lowest BCUT2D eigenvalue weighted by atomic mass is 9.93. The average molecular weight is 546 g/mol. The minimum Gasteiger partial charge on any atom is -0.388 e. The van der Waals surface area contributed by atoms with Gasteiger partial charge in [0.15, 0.2) is 5.96 Å². The van der Waals surface area contributed by atoms with Crippen LogP contribution in [-0.4, -0.2) is 53.8 Å². The highest BCUT2D eigenvalue weighted by molar-refractivity contribution is 14.0. The minimum atomic E-state index is -0.709. The number of benzene rings is 1. The van der Waals surface area contributed by atoms with Crippen LogP contribution in [0.25, 0.3) is 0 Å². The van der Waals surface area contributed by atoms with E-state index in [0.717, 1.165) is 69.4 Å². The number of rotatable bonds is 10. The molecule has 1 fully saturated rings. The molecule has 2 amide bonds. The Balaban J connectivity index is 0.00000480. The summed E-state index contributed by atoms with van der Waals surface area (Å²) in [7, 11) is 0. The summed E-state index contributed by atoms with van der Waals surface area (Å²) in [6, 6.07) is 7.77. The van der Waals surface area contributed by atoms with Crippen molar-refractivity contribution in [3.05, 3.63) is 29.8 Å². The number of amides is 2. The molecule has 8 heteroatoms. The van der Waals surface area contributed by atoms with Crippen molar-refractivity contribution in [3.8, 4) is 0 Å². The van der Waals surface area contributed by atoms with Gasteiger partial charge < -0.3 is 26.0 Å². The van der Waals surface area contributed by atoms with Crippen molar-refractivity contribution >= 4 is 41.7 Å². The highest BCUT2D eigenvalue weighted by atomic mass is 127. The van der Waals surface area contributed by atoms with Gasteiger partial charge in [-0.25, -0.2) is 9.79 Å². The fraction of sp³-hybridized carbons (Fsp3) is 0.652. The smallest absolute Gasteiger partial charge is 0.321 e. The number of nitrogens with zero attached hydrogens (tertiary/aromatic N) is 2. The Hall–Kier alpha value is -1.55. The SMILES string of the molecule is CCCC(O)(CCC)CNC(=NCc1cccc(NC(=O)N2CCCC2)c1)NCC.I. The molecule has 1 saturated heterocycles. The summed E-state index contributed by atoms with van der Waals surface area (Å²) in [6.07, 6.45) is 5.59. The van der Waals surface area contributed by atoms with Crippen LogP contribution in [0.3, 0.4) is 0 Å². The fourth-order valence-corrected chi connectivity index (χ4v) is 3.86. The molecule has 2 rings (SSSR count). The van der Waals surface area contributed by atoms with Gasteiger partial charge in [0.25, 0.3) is 0 Å². The molecular formula is C23H40IN5O2. The second-order valence-corrected chi connectivity index (χ2v) is 8.10. The fourth-order valence-electron chi connectivity index (χ4n) is 3.86. The number of aliphatic imine (C=N–C) groups is 1. The Morgan fingerprint density at radius 3 is 2.42 bits per heavy atom. The van der Waals surface area contributed by atoms with Gasteiger partial charge in [0.2, 0.25) is 0 Å². The molecule has 0 unspecified atom stereocenters. The number of carbonyl (C=O) groups excluding carboxylic acids is 1. The molecule has 176 valence electrons. The van der Waals surface area contributed by atoms with Crippen molar-refractivity contribution < 1.29 is 9.90 Å². The number of hydrogen-bond donors (Lipinski definition) is 4. The molecule has 1 aromatic carbocycles. The number of carbonyl (C=O) groups is 1. The normalized spacial score (nSPS) is 14.2. The standard InChI is InChI=1S/C23H39N5O2.HI/c1-4-12-23(30,13-5-2)18-26-21(24-6-3)25-17-19-10-9-11-20(16-19)27-22(29)28-14-7-8-15-28;/h9-11,16,30H,4-8,12-15,17-18H2,1-3H3,(H,27,29)(H2,24,25,26);1H. The Morgan fingerprint density at radius 1 is 1.13 bits per heavy atom. The quantitative estimate of drug-likeness (QED) is 0.200. The lowest BCUT2D eigenvalue weighted by molar-refractivity contribution is 0.0257. The molecule has 7 nitrogen and oxygen atoms in total. The van der Waals surface area contributed by atoms with E-state index in [1.54, 1.807) is 0 Å². The molecule has 0 bridgehead atoms. The topological polar surface area (TPSA) is 89.0 Å². The first kappa shape index (κ1) is 27.5. The lowest BCUT2D eigenvalue weighted by Gasteiger charge is -2.28. The molecule has 4 N–H and O–H groups in total. The van der Waals surface area contributed by atoms with Crippen LogP contribution in [0.1, 0.15) is 64.9 Å². The first-order valence-electron chi connectivity index (χ1n) is 11.4. The molecule has 0 saturated carbocycles. The third-order valence-electron chi connectivity index (χ3n) is 5.35. The number of halogens is 1. The van der Waals surface area contributed by atoms with Gasteiger partial charge in [0, 0.05) is 31.9 Å². The van der Waals surface area contributed by atoms with Crippen LogP contribution in [-0.2, 0) is 6.54 Å². The molecule has 1 heterocycles. The molecule has 0 radical (unpaired) electrons. The molecule has 0 aromatic heterocycles. The number of anilines is 1. The van der Waals surface area contributed by atoms with Crippen LogP contribution in [0.5, 0.6) is 0 Å². The zero-order valence-corrected chi connectivity index (χ0v) is 21.6. The summed E-state index contributed by atoms with van der Waals surface area (Å²) >= 11 is 0. The Labute approximate surface area is 204 Å². The molecule has 1 aromatic rings. The molecule has 0 aliphatic carbocycles. The Bertz CT molecular complexity index is 686. The number of hydrogen-bond acceptors (Lipinski definition) is 3. The van der Waals surface area contributed by atoms with Gasteiger partial charge in [-0.3, -0.25) is 0 Å². The van der Waals surface area contributed by atoms with Crippen molar-refractivity contribution in [1.82, 2.24) is 15.5 Å². The van der Waals surface area contributed by atoms with Gasteiger partial charge in [-0.1, -0.05) is 38.8 Å². The summed E-state index contributed by atoms with van der Waals surface area (Å²) in [5, 5.41) is 20.4. The molecule has 0 spiro atoms. The summed E-state index contributed by atoms with van der Waals surface area (Å²) in [6.45, 7) is 9.58. The van der Waals surface area contributed by atoms with Gasteiger partial charge >= 0.3 is 6.03 Å². The number of aliphatic hydroxyl groups is 1. The van der Waals surface area contributed by atoms with E-state index in [4.69, 9.17) is 0 Å². The first-order chi connectivity index (χ1) is 14.5. The van der Waals surface area contributed by atoms with Crippen LogP contribution >= 0.6 is 24.0 Å². The number of guanidine groups is 1. The van der Waals surface area contributed by atoms with Gasteiger partial charge in [0.05, 0.1) is 12.1 Å². The van der Waals surface area contributed by atoms with Crippen LogP contribution in [0.4, 0.5) is 10.5 Å². The van der Waals surface area contributed by atoms with Gasteiger partial charge in [-0.15, -0.1) is 24.0 Å². The predicted octanol–water partition coefficient (Wildman–Crippen LogP) is 4.32. The number of nitrogens with one attached hydrogen (secondary N) is 3. The highest BCUT2D eigenvalue weighted by Gasteiger charge is 2.25. The molecule has 1 aliphatic rings. The first-order valence-corrected chi connectivity index (χ1v) is 11.4. The third kappa shape index (κ3) is 9.64. The predicted molar refractivity (Wildman–Crippen MR) is 139 cm³/mol. The van der Waals surface area contributed by atoms with Crippen molar-refractivity contribution in [3.63, 3.8) is 0 Å². The molecule has 1 aliphatic heterocycles. The second kappa shape index (κ2) is 14.5. The van der Waals surface area contributed by atoms with Crippen LogP contribution in [0, 0.1) is 0 Å². The van der Waals surface area contributed by atoms with E-state index in [9.17, 15) is 9.90 Å². The summed E-state index contributed by atoms with van der Waals surface area (Å²) in [5.74, 6) is 0.689. The van der Waals surface area contributed by atoms with E-state index in [1.807, 2.05) is 36.1 Å². The third-order valence-corrected chi connectivity index (χ3v) is 5.35. The van der Waals surface area contributed by atoms with Crippen molar-refractivity contribution in [2.24, 2.45) is 4.99 Å².